The van der Waals surface area contributed by atoms with E-state index >= 15 is 0 Å². The zero-order valence-corrected chi connectivity index (χ0v) is 8.76. The minimum absolute atomic E-state index is 0.0635. The third kappa shape index (κ3) is 1.94. The van der Waals surface area contributed by atoms with Gasteiger partial charge in [-0.2, -0.15) is 0 Å². The van der Waals surface area contributed by atoms with Crippen LogP contribution in [0.2, 0.25) is 0 Å². The maximum absolute atomic E-state index is 13.3. The van der Waals surface area contributed by atoms with Crippen molar-refractivity contribution >= 4 is 0 Å². The quantitative estimate of drug-likeness (QED) is 0.770. The average Bonchev–Trinajstić information content (AvgIpc) is 2.21. The lowest BCUT2D eigenvalue weighted by Gasteiger charge is -2.27. The number of nitrogens with one attached hydrogen (secondary N) is 1. The van der Waals surface area contributed by atoms with Crippen LogP contribution in [-0.2, 0) is 5.54 Å². The Labute approximate surface area is 83.8 Å². The molecule has 0 aliphatic carbocycles. The van der Waals surface area contributed by atoms with Gasteiger partial charge in [-0.25, -0.2) is 4.39 Å². The molecule has 2 nitrogen and oxygen atoms in total. The van der Waals surface area contributed by atoms with Gasteiger partial charge >= 0.3 is 0 Å². The summed E-state index contributed by atoms with van der Waals surface area (Å²) in [5.74, 6) is -0.238. The number of hydrogen-bond acceptors (Lipinski definition) is 2. The first-order valence-electron chi connectivity index (χ1n) is 4.60. The molecular formula is C11H16FNO. The van der Waals surface area contributed by atoms with Crippen molar-refractivity contribution < 1.29 is 9.50 Å². The van der Waals surface area contributed by atoms with Gasteiger partial charge in [0.05, 0.1) is 12.1 Å². The number of halogens is 1. The lowest BCUT2D eigenvalue weighted by atomic mass is 9.92. The number of hydrogen-bond donors (Lipinski definition) is 2. The molecule has 1 unspecified atom stereocenters. The molecule has 0 saturated heterocycles. The molecular weight excluding hydrogens is 181 g/mol. The molecule has 2 N–H and O–H groups in total. The Bertz CT molecular complexity index is 321. The largest absolute Gasteiger partial charge is 0.394 e. The Morgan fingerprint density at radius 1 is 1.50 bits per heavy atom. The van der Waals surface area contributed by atoms with Gasteiger partial charge < -0.3 is 10.4 Å². The van der Waals surface area contributed by atoms with Gasteiger partial charge in [0.1, 0.15) is 5.82 Å². The summed E-state index contributed by atoms with van der Waals surface area (Å²) in [7, 11) is 1.74. The molecule has 1 aromatic carbocycles. The summed E-state index contributed by atoms with van der Waals surface area (Å²) in [5.41, 5.74) is 0.796. The summed E-state index contributed by atoms with van der Waals surface area (Å²) in [4.78, 5) is 0. The van der Waals surface area contributed by atoms with Crippen LogP contribution in [-0.4, -0.2) is 18.8 Å². The van der Waals surface area contributed by atoms with Crippen LogP contribution < -0.4 is 5.32 Å². The van der Waals surface area contributed by atoms with Crippen molar-refractivity contribution in [1.29, 1.82) is 0 Å². The van der Waals surface area contributed by atoms with E-state index in [1.54, 1.807) is 20.0 Å². The maximum atomic E-state index is 13.3. The minimum Gasteiger partial charge on any atom is -0.394 e. The molecule has 1 atom stereocenters. The van der Waals surface area contributed by atoms with Gasteiger partial charge in [-0.1, -0.05) is 12.1 Å². The van der Waals surface area contributed by atoms with Gasteiger partial charge in [0.25, 0.3) is 0 Å². The van der Waals surface area contributed by atoms with E-state index in [-0.39, 0.29) is 12.4 Å². The average molecular weight is 197 g/mol. The molecule has 1 rings (SSSR count). The molecule has 0 radical (unpaired) electrons. The summed E-state index contributed by atoms with van der Waals surface area (Å²) < 4.78 is 13.3. The molecule has 0 saturated carbocycles. The number of aliphatic hydroxyl groups is 1. The van der Waals surface area contributed by atoms with Gasteiger partial charge in [0.15, 0.2) is 0 Å². The number of likely N-dealkylation sites (N-methyl/N-ethyl adjacent to an activating group) is 1. The Morgan fingerprint density at radius 3 is 2.57 bits per heavy atom. The van der Waals surface area contributed by atoms with Gasteiger partial charge in [-0.05, 0) is 38.1 Å². The van der Waals surface area contributed by atoms with Crippen molar-refractivity contribution in [3.63, 3.8) is 0 Å². The second-order valence-corrected chi connectivity index (χ2v) is 3.70. The molecule has 3 heteroatoms. The van der Waals surface area contributed by atoms with E-state index in [4.69, 9.17) is 0 Å². The summed E-state index contributed by atoms with van der Waals surface area (Å²) in [6.45, 7) is 3.48. The third-order valence-corrected chi connectivity index (χ3v) is 2.68. The van der Waals surface area contributed by atoms with Crippen LogP contribution in [0.1, 0.15) is 18.1 Å². The summed E-state index contributed by atoms with van der Waals surface area (Å²) in [6, 6.07) is 5.00. The summed E-state index contributed by atoms with van der Waals surface area (Å²) in [5, 5.41) is 12.2. The van der Waals surface area contributed by atoms with Crippen molar-refractivity contribution in [3.8, 4) is 0 Å². The first-order chi connectivity index (χ1) is 6.53. The molecule has 0 bridgehead atoms. The van der Waals surface area contributed by atoms with Gasteiger partial charge in [-0.3, -0.25) is 0 Å². The minimum atomic E-state index is -0.575. The zero-order chi connectivity index (χ0) is 10.8. The number of benzene rings is 1. The van der Waals surface area contributed by atoms with Crippen LogP contribution in [0.5, 0.6) is 0 Å². The first-order valence-corrected chi connectivity index (χ1v) is 4.60. The molecule has 14 heavy (non-hydrogen) atoms. The lowest BCUT2D eigenvalue weighted by Crippen LogP contribution is -2.40. The molecule has 0 aromatic heterocycles. The van der Waals surface area contributed by atoms with Crippen LogP contribution in [0.4, 0.5) is 4.39 Å². The van der Waals surface area contributed by atoms with Crippen molar-refractivity contribution in [1.82, 2.24) is 5.32 Å². The monoisotopic (exact) mass is 197 g/mol. The van der Waals surface area contributed by atoms with Gasteiger partial charge in [-0.15, -0.1) is 0 Å². The fourth-order valence-electron chi connectivity index (χ4n) is 1.25. The van der Waals surface area contributed by atoms with Crippen LogP contribution in [0.15, 0.2) is 18.2 Å². The fourth-order valence-corrected chi connectivity index (χ4v) is 1.25. The fraction of sp³-hybridized carbons (Fsp3) is 0.455. The number of aliphatic hydroxyl groups excluding tert-OH is 1. The SMILES string of the molecule is CNC(C)(CO)c1ccc(C)c(F)c1. The predicted octanol–water partition coefficient (Wildman–Crippen LogP) is 1.56. The van der Waals surface area contributed by atoms with Crippen molar-refractivity contribution in [2.75, 3.05) is 13.7 Å². The van der Waals surface area contributed by atoms with E-state index in [1.807, 2.05) is 13.0 Å². The van der Waals surface area contributed by atoms with E-state index in [9.17, 15) is 9.50 Å². The molecule has 0 aliphatic rings. The smallest absolute Gasteiger partial charge is 0.126 e. The maximum Gasteiger partial charge on any atom is 0.126 e. The highest BCUT2D eigenvalue weighted by molar-refractivity contribution is 5.28. The Hall–Kier alpha value is -0.930. The second kappa shape index (κ2) is 4.07. The molecule has 1 aromatic rings. The first kappa shape index (κ1) is 11.1. The van der Waals surface area contributed by atoms with Crippen molar-refractivity contribution in [3.05, 3.63) is 35.1 Å². The molecule has 0 amide bonds. The molecule has 0 spiro atoms. The van der Waals surface area contributed by atoms with Crippen molar-refractivity contribution in [2.45, 2.75) is 19.4 Å². The van der Waals surface area contributed by atoms with E-state index in [2.05, 4.69) is 5.32 Å². The second-order valence-electron chi connectivity index (χ2n) is 3.70. The van der Waals surface area contributed by atoms with Crippen LogP contribution in [0.3, 0.4) is 0 Å². The third-order valence-electron chi connectivity index (χ3n) is 2.68. The highest BCUT2D eigenvalue weighted by atomic mass is 19.1. The standard InChI is InChI=1S/C11H16FNO/c1-8-4-5-9(6-10(8)12)11(2,7-14)13-3/h4-6,13-14H,7H2,1-3H3. The number of rotatable bonds is 3. The Balaban J connectivity index is 3.12. The molecule has 78 valence electrons. The highest BCUT2D eigenvalue weighted by Crippen LogP contribution is 2.21. The zero-order valence-electron chi connectivity index (χ0n) is 8.76. The van der Waals surface area contributed by atoms with Gasteiger partial charge in [0, 0.05) is 0 Å². The van der Waals surface area contributed by atoms with E-state index in [0.29, 0.717) is 5.56 Å². The highest BCUT2D eigenvalue weighted by Gasteiger charge is 2.23. The van der Waals surface area contributed by atoms with E-state index in [1.165, 1.54) is 6.07 Å². The molecule has 0 fully saturated rings. The van der Waals surface area contributed by atoms with Crippen LogP contribution in [0.25, 0.3) is 0 Å². The van der Waals surface area contributed by atoms with E-state index in [0.717, 1.165) is 5.56 Å². The van der Waals surface area contributed by atoms with E-state index < -0.39 is 5.54 Å². The summed E-state index contributed by atoms with van der Waals surface area (Å²) >= 11 is 0. The van der Waals surface area contributed by atoms with Gasteiger partial charge in [0.2, 0.25) is 0 Å². The molecule has 0 heterocycles. The van der Waals surface area contributed by atoms with Crippen LogP contribution >= 0.6 is 0 Å². The molecule has 0 aliphatic heterocycles. The topological polar surface area (TPSA) is 32.3 Å². The lowest BCUT2D eigenvalue weighted by molar-refractivity contribution is 0.183. The Kier molecular flexibility index (Phi) is 3.24. The normalized spacial score (nSPS) is 15.2. The Morgan fingerprint density at radius 2 is 2.14 bits per heavy atom. The summed E-state index contributed by atoms with van der Waals surface area (Å²) in [6.07, 6.45) is 0. The number of aryl methyl sites for hydroxylation is 1. The van der Waals surface area contributed by atoms with Crippen LogP contribution in [0, 0.1) is 12.7 Å². The predicted molar refractivity (Wildman–Crippen MR) is 54.6 cm³/mol. The van der Waals surface area contributed by atoms with Crippen molar-refractivity contribution in [2.24, 2.45) is 0 Å².